The van der Waals surface area contributed by atoms with Gasteiger partial charge in [0, 0.05) is 0 Å². The topological polar surface area (TPSA) is 18.5 Å². The molecule has 0 N–H and O–H groups in total. The normalized spacial score (nSPS) is 28.4. The summed E-state index contributed by atoms with van der Waals surface area (Å²) in [5.74, 6) is -5.58. The van der Waals surface area contributed by atoms with Crippen molar-refractivity contribution >= 4 is 0 Å². The molecule has 114 valence electrons. The Kier molecular flexibility index (Phi) is 4.18. The van der Waals surface area contributed by atoms with Gasteiger partial charge in [-0.3, -0.25) is 0 Å². The number of rotatable bonds is 2. The van der Waals surface area contributed by atoms with E-state index in [0.717, 1.165) is 0 Å². The summed E-state index contributed by atoms with van der Waals surface area (Å²) in [7, 11) is 0. The smallest absolute Gasteiger partial charge is 0.329 e. The van der Waals surface area contributed by atoms with Crippen LogP contribution in [0, 0.1) is 11.8 Å². The van der Waals surface area contributed by atoms with E-state index >= 15 is 0 Å². The van der Waals surface area contributed by atoms with Gasteiger partial charge in [0.05, 0.1) is 12.2 Å². The van der Waals surface area contributed by atoms with E-state index in [4.69, 9.17) is 0 Å². The van der Waals surface area contributed by atoms with E-state index in [1.165, 1.54) is 27.7 Å². The fourth-order valence-corrected chi connectivity index (χ4v) is 2.00. The molecule has 0 saturated carbocycles. The molecule has 0 amide bonds. The zero-order valence-electron chi connectivity index (χ0n) is 10.9. The van der Waals surface area contributed by atoms with Crippen LogP contribution in [0.1, 0.15) is 27.7 Å². The van der Waals surface area contributed by atoms with Crippen molar-refractivity contribution in [3.63, 3.8) is 0 Å². The van der Waals surface area contributed by atoms with E-state index < -0.39 is 42.2 Å². The van der Waals surface area contributed by atoms with Gasteiger partial charge >= 0.3 is 18.1 Å². The van der Waals surface area contributed by atoms with E-state index in [1.54, 1.807) is 0 Å². The standard InChI is InChI=1S/C11H16F6O2/c1-5(2)7-8(6(3)4)19-9(18-7,10(12,13)14)11(15,16)17/h5-8H,1-4H3/t7-,8+. The first-order valence-corrected chi connectivity index (χ1v) is 5.82. The van der Waals surface area contributed by atoms with Gasteiger partial charge in [-0.05, 0) is 11.8 Å². The highest BCUT2D eigenvalue weighted by Crippen LogP contribution is 2.53. The number of hydrogen-bond donors (Lipinski definition) is 0. The lowest BCUT2D eigenvalue weighted by molar-refractivity contribution is -0.447. The monoisotopic (exact) mass is 294 g/mol. The van der Waals surface area contributed by atoms with Crippen LogP contribution in [-0.4, -0.2) is 30.3 Å². The highest BCUT2D eigenvalue weighted by atomic mass is 19.4. The fraction of sp³-hybridized carbons (Fsp3) is 1.00. The van der Waals surface area contributed by atoms with Crippen molar-refractivity contribution < 1.29 is 35.8 Å². The molecular formula is C11H16F6O2. The maximum absolute atomic E-state index is 12.8. The lowest BCUT2D eigenvalue weighted by Crippen LogP contribution is -2.58. The minimum Gasteiger partial charge on any atom is -0.329 e. The molecule has 1 heterocycles. The molecule has 1 aliphatic heterocycles. The van der Waals surface area contributed by atoms with E-state index in [9.17, 15) is 26.3 Å². The summed E-state index contributed by atoms with van der Waals surface area (Å²) in [5.41, 5.74) is 0. The van der Waals surface area contributed by atoms with E-state index in [0.29, 0.717) is 0 Å². The van der Waals surface area contributed by atoms with Crippen LogP contribution in [0.25, 0.3) is 0 Å². The minimum absolute atomic E-state index is 0.529. The Morgan fingerprint density at radius 3 is 1.16 bits per heavy atom. The van der Waals surface area contributed by atoms with Crippen molar-refractivity contribution in [2.45, 2.75) is 58.0 Å². The predicted molar refractivity (Wildman–Crippen MR) is 54.3 cm³/mol. The highest BCUT2D eigenvalue weighted by Gasteiger charge is 2.79. The van der Waals surface area contributed by atoms with Gasteiger partial charge < -0.3 is 9.47 Å². The second kappa shape index (κ2) is 4.80. The van der Waals surface area contributed by atoms with Gasteiger partial charge in [0.25, 0.3) is 0 Å². The van der Waals surface area contributed by atoms with Crippen LogP contribution < -0.4 is 0 Å². The van der Waals surface area contributed by atoms with E-state index in [-0.39, 0.29) is 0 Å². The zero-order chi connectivity index (χ0) is 15.2. The predicted octanol–water partition coefficient (Wildman–Crippen LogP) is 3.90. The Labute approximate surface area is 107 Å². The average molecular weight is 294 g/mol. The number of ether oxygens (including phenoxy) is 2. The Morgan fingerprint density at radius 2 is 1.00 bits per heavy atom. The first-order valence-electron chi connectivity index (χ1n) is 5.82. The number of hydrogen-bond acceptors (Lipinski definition) is 2. The molecule has 1 aliphatic rings. The molecule has 0 unspecified atom stereocenters. The first-order chi connectivity index (χ1) is 8.33. The molecule has 0 radical (unpaired) electrons. The van der Waals surface area contributed by atoms with Crippen molar-refractivity contribution in [3.8, 4) is 0 Å². The van der Waals surface area contributed by atoms with E-state index in [1.807, 2.05) is 0 Å². The van der Waals surface area contributed by atoms with Crippen LogP contribution in [0.15, 0.2) is 0 Å². The Morgan fingerprint density at radius 1 is 0.737 bits per heavy atom. The lowest BCUT2D eigenvalue weighted by Gasteiger charge is -2.32. The molecule has 0 aromatic heterocycles. The largest absolute Gasteiger partial charge is 0.453 e. The minimum atomic E-state index is -5.68. The van der Waals surface area contributed by atoms with Crippen LogP contribution >= 0.6 is 0 Å². The molecule has 1 fully saturated rings. The average Bonchev–Trinajstić information content (AvgIpc) is 2.56. The van der Waals surface area contributed by atoms with Gasteiger partial charge in [0.2, 0.25) is 0 Å². The lowest BCUT2D eigenvalue weighted by atomic mass is 9.94. The summed E-state index contributed by atoms with van der Waals surface area (Å²) < 4.78 is 85.6. The summed E-state index contributed by atoms with van der Waals surface area (Å²) in [6, 6.07) is 0. The van der Waals surface area contributed by atoms with Crippen molar-refractivity contribution in [3.05, 3.63) is 0 Å². The Balaban J connectivity index is 3.24. The molecule has 0 bridgehead atoms. The Bertz CT molecular complexity index is 288. The number of halogens is 6. The molecular weight excluding hydrogens is 278 g/mol. The van der Waals surface area contributed by atoms with Gasteiger partial charge in [-0.25, -0.2) is 0 Å². The zero-order valence-corrected chi connectivity index (χ0v) is 10.9. The van der Waals surface area contributed by atoms with Crippen LogP contribution in [0.2, 0.25) is 0 Å². The van der Waals surface area contributed by atoms with Crippen LogP contribution in [0.5, 0.6) is 0 Å². The molecule has 2 atom stereocenters. The number of alkyl halides is 6. The van der Waals surface area contributed by atoms with Gasteiger partial charge in [-0.2, -0.15) is 26.3 Å². The van der Waals surface area contributed by atoms with Gasteiger partial charge in [0.15, 0.2) is 0 Å². The molecule has 0 aliphatic carbocycles. The highest BCUT2D eigenvalue weighted by molar-refractivity contribution is 4.97. The Hall–Kier alpha value is -0.500. The molecule has 0 aromatic rings. The molecule has 1 rings (SSSR count). The molecule has 0 aromatic carbocycles. The third kappa shape index (κ3) is 2.69. The third-order valence-corrected chi connectivity index (χ3v) is 2.99. The van der Waals surface area contributed by atoms with Gasteiger partial charge in [-0.15, -0.1) is 0 Å². The molecule has 8 heteroatoms. The SMILES string of the molecule is CC(C)[C@H]1OC(C(F)(F)F)(C(F)(F)F)O[C@H]1C(C)C. The van der Waals surface area contributed by atoms with Crippen molar-refractivity contribution in [2.24, 2.45) is 11.8 Å². The van der Waals surface area contributed by atoms with Crippen molar-refractivity contribution in [2.75, 3.05) is 0 Å². The summed E-state index contributed by atoms with van der Waals surface area (Å²) in [6.07, 6.45) is -13.9. The summed E-state index contributed by atoms with van der Waals surface area (Å²) in [4.78, 5) is 0. The van der Waals surface area contributed by atoms with Gasteiger partial charge in [-0.1, -0.05) is 27.7 Å². The van der Waals surface area contributed by atoms with Crippen LogP contribution in [-0.2, 0) is 9.47 Å². The summed E-state index contributed by atoms with van der Waals surface area (Å²) >= 11 is 0. The quantitative estimate of drug-likeness (QED) is 0.719. The molecule has 1 saturated heterocycles. The molecule has 19 heavy (non-hydrogen) atoms. The van der Waals surface area contributed by atoms with Crippen molar-refractivity contribution in [1.82, 2.24) is 0 Å². The van der Waals surface area contributed by atoms with Crippen LogP contribution in [0.4, 0.5) is 26.3 Å². The summed E-state index contributed by atoms with van der Waals surface area (Å²) in [6.45, 7) is 5.97. The second-order valence-electron chi connectivity index (χ2n) is 5.27. The third-order valence-electron chi connectivity index (χ3n) is 2.99. The van der Waals surface area contributed by atoms with Crippen LogP contribution in [0.3, 0.4) is 0 Å². The molecule has 2 nitrogen and oxygen atoms in total. The van der Waals surface area contributed by atoms with Gasteiger partial charge in [0.1, 0.15) is 0 Å². The van der Waals surface area contributed by atoms with Crippen molar-refractivity contribution in [1.29, 1.82) is 0 Å². The molecule has 0 spiro atoms. The fourth-order valence-electron chi connectivity index (χ4n) is 2.00. The van der Waals surface area contributed by atoms with E-state index in [2.05, 4.69) is 9.47 Å². The maximum atomic E-state index is 12.8. The second-order valence-corrected chi connectivity index (χ2v) is 5.27. The maximum Gasteiger partial charge on any atom is 0.453 e. The first kappa shape index (κ1) is 16.6. The summed E-state index contributed by atoms with van der Waals surface area (Å²) in [5, 5.41) is 0.